The van der Waals surface area contributed by atoms with Crippen molar-refractivity contribution in [3.63, 3.8) is 0 Å². The monoisotopic (exact) mass is 218 g/mol. The van der Waals surface area contributed by atoms with Crippen molar-refractivity contribution in [2.24, 2.45) is 0 Å². The van der Waals surface area contributed by atoms with Crippen molar-refractivity contribution < 1.29 is 0 Å². The van der Waals surface area contributed by atoms with Crippen LogP contribution in [0, 0.1) is 22.7 Å². The van der Waals surface area contributed by atoms with Gasteiger partial charge in [0.1, 0.15) is 17.0 Å². The van der Waals surface area contributed by atoms with E-state index in [1.54, 1.807) is 6.07 Å². The summed E-state index contributed by atoms with van der Waals surface area (Å²) >= 11 is 7.25. The zero-order valence-electron chi connectivity index (χ0n) is 6.91. The summed E-state index contributed by atoms with van der Waals surface area (Å²) in [6.45, 7) is 0. The molecule has 0 amide bonds. The summed E-state index contributed by atoms with van der Waals surface area (Å²) < 4.78 is 0.880. The number of hydrogen-bond donors (Lipinski definition) is 0. The SMILES string of the molecule is N#Cc1sc2cccc(Cl)c2c1C#N. The van der Waals surface area contributed by atoms with Gasteiger partial charge in [-0.3, -0.25) is 0 Å². The van der Waals surface area contributed by atoms with Gasteiger partial charge in [0.2, 0.25) is 0 Å². The lowest BCUT2D eigenvalue weighted by atomic mass is 10.1. The van der Waals surface area contributed by atoms with Crippen LogP contribution in [0.25, 0.3) is 10.1 Å². The first-order valence-corrected chi connectivity index (χ1v) is 4.98. The fraction of sp³-hybridized carbons (Fsp3) is 0. The maximum Gasteiger partial charge on any atom is 0.123 e. The molecule has 0 fully saturated rings. The lowest BCUT2D eigenvalue weighted by Gasteiger charge is -1.92. The number of fused-ring (bicyclic) bond motifs is 1. The van der Waals surface area contributed by atoms with Gasteiger partial charge in [0, 0.05) is 10.1 Å². The molecule has 4 heteroatoms. The normalized spacial score (nSPS) is 9.64. The first-order valence-electron chi connectivity index (χ1n) is 3.79. The molecule has 14 heavy (non-hydrogen) atoms. The summed E-state index contributed by atoms with van der Waals surface area (Å²) in [5, 5.41) is 18.9. The Hall–Kier alpha value is -1.55. The smallest absolute Gasteiger partial charge is 0.123 e. The number of thiophene rings is 1. The predicted molar refractivity (Wildman–Crippen MR) is 56.3 cm³/mol. The topological polar surface area (TPSA) is 47.6 Å². The van der Waals surface area contributed by atoms with Crippen LogP contribution < -0.4 is 0 Å². The van der Waals surface area contributed by atoms with Gasteiger partial charge in [0.05, 0.1) is 10.6 Å². The minimum atomic E-state index is 0.387. The van der Waals surface area contributed by atoms with E-state index >= 15 is 0 Å². The Balaban J connectivity index is 2.99. The van der Waals surface area contributed by atoms with E-state index in [-0.39, 0.29) is 0 Å². The van der Waals surface area contributed by atoms with E-state index in [2.05, 4.69) is 0 Å². The molecule has 2 nitrogen and oxygen atoms in total. The Morgan fingerprint density at radius 3 is 2.64 bits per heavy atom. The highest BCUT2D eigenvalue weighted by Gasteiger charge is 2.13. The van der Waals surface area contributed by atoms with Crippen LogP contribution in [0.5, 0.6) is 0 Å². The van der Waals surface area contributed by atoms with Crippen LogP contribution >= 0.6 is 22.9 Å². The molecule has 2 rings (SSSR count). The fourth-order valence-corrected chi connectivity index (χ4v) is 2.59. The molecule has 0 bridgehead atoms. The van der Waals surface area contributed by atoms with Crippen molar-refractivity contribution in [2.45, 2.75) is 0 Å². The van der Waals surface area contributed by atoms with Gasteiger partial charge in [-0.15, -0.1) is 11.3 Å². The molecule has 0 N–H and O–H groups in total. The van der Waals surface area contributed by atoms with Gasteiger partial charge in [-0.05, 0) is 12.1 Å². The van der Waals surface area contributed by atoms with Crippen LogP contribution in [-0.2, 0) is 0 Å². The standard InChI is InChI=1S/C10H3ClN2S/c11-7-2-1-3-8-10(7)6(4-12)9(5-13)14-8/h1-3H. The van der Waals surface area contributed by atoms with Gasteiger partial charge in [-0.2, -0.15) is 10.5 Å². The Kier molecular flexibility index (Phi) is 2.13. The third kappa shape index (κ3) is 1.15. The second-order valence-electron chi connectivity index (χ2n) is 2.64. The summed E-state index contributed by atoms with van der Waals surface area (Å²) in [6.07, 6.45) is 0. The van der Waals surface area contributed by atoms with Crippen LogP contribution in [0.4, 0.5) is 0 Å². The van der Waals surface area contributed by atoms with E-state index < -0.39 is 0 Å². The highest BCUT2D eigenvalue weighted by molar-refractivity contribution is 7.19. The molecule has 0 radical (unpaired) electrons. The van der Waals surface area contributed by atoms with Crippen LogP contribution in [0.3, 0.4) is 0 Å². The van der Waals surface area contributed by atoms with Gasteiger partial charge in [-0.1, -0.05) is 17.7 Å². The average molecular weight is 219 g/mol. The minimum Gasteiger partial charge on any atom is -0.192 e. The van der Waals surface area contributed by atoms with Gasteiger partial charge in [0.15, 0.2) is 0 Å². The maximum atomic E-state index is 8.91. The third-order valence-electron chi connectivity index (χ3n) is 1.88. The number of nitrogens with zero attached hydrogens (tertiary/aromatic N) is 2. The summed E-state index contributed by atoms with van der Waals surface area (Å²) in [4.78, 5) is 0.426. The quantitative estimate of drug-likeness (QED) is 0.681. The number of nitriles is 2. The predicted octanol–water partition coefficient (Wildman–Crippen LogP) is 3.30. The molecule has 1 aromatic carbocycles. The highest BCUT2D eigenvalue weighted by atomic mass is 35.5. The molecule has 0 aliphatic carbocycles. The van der Waals surface area contributed by atoms with E-state index in [9.17, 15) is 0 Å². The second kappa shape index (κ2) is 3.31. The molecule has 0 unspecified atom stereocenters. The van der Waals surface area contributed by atoms with Crippen molar-refractivity contribution >= 4 is 33.0 Å². The van der Waals surface area contributed by atoms with Crippen molar-refractivity contribution in [1.82, 2.24) is 0 Å². The van der Waals surface area contributed by atoms with E-state index in [0.717, 1.165) is 4.70 Å². The number of halogens is 1. The van der Waals surface area contributed by atoms with Crippen LogP contribution in [-0.4, -0.2) is 0 Å². The maximum absolute atomic E-state index is 8.91. The first-order chi connectivity index (χ1) is 6.77. The third-order valence-corrected chi connectivity index (χ3v) is 3.25. The van der Waals surface area contributed by atoms with E-state index in [1.807, 2.05) is 24.3 Å². The number of rotatable bonds is 0. The first kappa shape index (κ1) is 9.02. The molecule has 66 valence electrons. The molecule has 0 atom stereocenters. The molecule has 0 spiro atoms. The van der Waals surface area contributed by atoms with Crippen LogP contribution in [0.2, 0.25) is 5.02 Å². The van der Waals surface area contributed by atoms with Crippen LogP contribution in [0.15, 0.2) is 18.2 Å². The van der Waals surface area contributed by atoms with E-state index in [1.165, 1.54) is 11.3 Å². The lowest BCUT2D eigenvalue weighted by Crippen LogP contribution is -1.75. The molecular weight excluding hydrogens is 216 g/mol. The van der Waals surface area contributed by atoms with Gasteiger partial charge < -0.3 is 0 Å². The Labute approximate surface area is 89.6 Å². The van der Waals surface area contributed by atoms with Gasteiger partial charge in [-0.25, -0.2) is 0 Å². The summed E-state index contributed by atoms with van der Waals surface area (Å²) in [5.41, 5.74) is 0.387. The molecule has 2 aromatic rings. The molecule has 1 aromatic heterocycles. The summed E-state index contributed by atoms with van der Waals surface area (Å²) in [5.74, 6) is 0. The van der Waals surface area contributed by atoms with E-state index in [4.69, 9.17) is 22.1 Å². The van der Waals surface area contributed by atoms with Crippen molar-refractivity contribution in [3.8, 4) is 12.1 Å². The summed E-state index contributed by atoms with van der Waals surface area (Å²) in [7, 11) is 0. The zero-order valence-corrected chi connectivity index (χ0v) is 8.49. The molecule has 1 heterocycles. The minimum absolute atomic E-state index is 0.387. The Morgan fingerprint density at radius 1 is 1.21 bits per heavy atom. The number of hydrogen-bond acceptors (Lipinski definition) is 3. The van der Waals surface area contributed by atoms with Crippen molar-refractivity contribution in [1.29, 1.82) is 10.5 Å². The number of benzene rings is 1. The van der Waals surface area contributed by atoms with Gasteiger partial charge >= 0.3 is 0 Å². The largest absolute Gasteiger partial charge is 0.192 e. The molecule has 0 aliphatic rings. The second-order valence-corrected chi connectivity index (χ2v) is 4.10. The van der Waals surface area contributed by atoms with Gasteiger partial charge in [0.25, 0.3) is 0 Å². The lowest BCUT2D eigenvalue weighted by molar-refractivity contribution is 1.49. The molecular formula is C10H3ClN2S. The Bertz CT molecular complexity index is 586. The van der Waals surface area contributed by atoms with Crippen molar-refractivity contribution in [2.75, 3.05) is 0 Å². The molecule has 0 saturated carbocycles. The highest BCUT2D eigenvalue weighted by Crippen LogP contribution is 2.34. The van der Waals surface area contributed by atoms with Crippen LogP contribution in [0.1, 0.15) is 10.4 Å². The van der Waals surface area contributed by atoms with Crippen molar-refractivity contribution in [3.05, 3.63) is 33.7 Å². The fourth-order valence-electron chi connectivity index (χ4n) is 1.29. The summed E-state index contributed by atoms with van der Waals surface area (Å²) in [6, 6.07) is 9.40. The zero-order chi connectivity index (χ0) is 10.1. The molecule has 0 aliphatic heterocycles. The molecule has 0 saturated heterocycles. The Morgan fingerprint density at radius 2 is 2.00 bits per heavy atom. The van der Waals surface area contributed by atoms with E-state index in [0.29, 0.717) is 20.8 Å². The average Bonchev–Trinajstić information content (AvgIpc) is 2.56.